The van der Waals surface area contributed by atoms with Gasteiger partial charge in [-0.25, -0.2) is 4.63 Å². The molecule has 13 heavy (non-hydrogen) atoms. The fourth-order valence-electron chi connectivity index (χ4n) is 0.565. The molecular formula is C8H15N3O2. The first kappa shape index (κ1) is 11.6. The summed E-state index contributed by atoms with van der Waals surface area (Å²) in [4.78, 5) is 10.8. The number of nitrogens with zero attached hydrogens (tertiary/aromatic N) is 2. The summed E-state index contributed by atoms with van der Waals surface area (Å²) in [5, 5.41) is 9.52. The molecule has 1 aromatic heterocycles. The minimum Gasteiger partial charge on any atom is -0.306 e. The maximum Gasteiger partial charge on any atom is 0.225 e. The highest BCUT2D eigenvalue weighted by molar-refractivity contribution is 5.89. The number of rotatable bonds is 2. The molecule has 0 atom stereocenters. The van der Waals surface area contributed by atoms with E-state index in [1.165, 1.54) is 0 Å². The van der Waals surface area contributed by atoms with E-state index in [9.17, 15) is 4.79 Å². The summed E-state index contributed by atoms with van der Waals surface area (Å²) < 4.78 is 4.38. The Balaban J connectivity index is 0.000000671. The quantitative estimate of drug-likeness (QED) is 0.762. The van der Waals surface area contributed by atoms with E-state index in [1.54, 1.807) is 13.8 Å². The van der Waals surface area contributed by atoms with Gasteiger partial charge in [-0.1, -0.05) is 25.9 Å². The third-order valence-corrected chi connectivity index (χ3v) is 1.23. The molecule has 0 fully saturated rings. The van der Waals surface area contributed by atoms with Gasteiger partial charge in [0, 0.05) is 6.42 Å². The number of nitrogens with one attached hydrogen (secondary N) is 1. The van der Waals surface area contributed by atoms with Crippen LogP contribution >= 0.6 is 0 Å². The summed E-state index contributed by atoms with van der Waals surface area (Å²) in [7, 11) is 0. The van der Waals surface area contributed by atoms with Gasteiger partial charge in [-0.15, -0.1) is 0 Å². The molecule has 0 radical (unpaired) electrons. The number of amides is 1. The molecule has 0 bridgehead atoms. The predicted octanol–water partition coefficient (Wildman–Crippen LogP) is 1.75. The van der Waals surface area contributed by atoms with Crippen molar-refractivity contribution in [2.75, 3.05) is 5.32 Å². The Kier molecular flexibility index (Phi) is 5.50. The lowest BCUT2D eigenvalue weighted by Gasteiger charge is -1.95. The molecule has 5 nitrogen and oxygen atoms in total. The SMILES string of the molecule is CC.CCC(=O)Nc1nonc1C. The van der Waals surface area contributed by atoms with E-state index in [4.69, 9.17) is 0 Å². The van der Waals surface area contributed by atoms with Crippen molar-refractivity contribution in [1.29, 1.82) is 0 Å². The lowest BCUT2D eigenvalue weighted by Crippen LogP contribution is -2.10. The molecule has 1 aromatic rings. The van der Waals surface area contributed by atoms with Crippen LogP contribution in [-0.4, -0.2) is 16.2 Å². The van der Waals surface area contributed by atoms with Crippen molar-refractivity contribution in [3.05, 3.63) is 5.69 Å². The van der Waals surface area contributed by atoms with Gasteiger partial charge in [0.05, 0.1) is 0 Å². The van der Waals surface area contributed by atoms with Gasteiger partial charge in [-0.3, -0.25) is 4.79 Å². The first-order chi connectivity index (χ1) is 6.24. The lowest BCUT2D eigenvalue weighted by atomic mass is 10.4. The Morgan fingerprint density at radius 3 is 2.46 bits per heavy atom. The molecule has 1 heterocycles. The molecule has 1 amide bonds. The largest absolute Gasteiger partial charge is 0.306 e. The van der Waals surface area contributed by atoms with Crippen LogP contribution in [0.2, 0.25) is 0 Å². The normalized spacial score (nSPS) is 8.62. The minimum absolute atomic E-state index is 0.0937. The van der Waals surface area contributed by atoms with Crippen LogP contribution in [0.4, 0.5) is 5.82 Å². The minimum atomic E-state index is -0.0937. The van der Waals surface area contributed by atoms with Gasteiger partial charge < -0.3 is 5.32 Å². The van der Waals surface area contributed by atoms with Crippen LogP contribution in [-0.2, 0) is 4.79 Å². The Morgan fingerprint density at radius 1 is 1.46 bits per heavy atom. The number of aryl methyl sites for hydroxylation is 1. The van der Waals surface area contributed by atoms with Crippen LogP contribution in [0.1, 0.15) is 32.9 Å². The second kappa shape index (κ2) is 6.16. The monoisotopic (exact) mass is 185 g/mol. The Morgan fingerprint density at radius 2 is 2.08 bits per heavy atom. The highest BCUT2D eigenvalue weighted by atomic mass is 16.6. The van der Waals surface area contributed by atoms with E-state index < -0.39 is 0 Å². The van der Waals surface area contributed by atoms with E-state index in [0.29, 0.717) is 17.9 Å². The predicted molar refractivity (Wildman–Crippen MR) is 49.3 cm³/mol. The molecule has 0 aliphatic carbocycles. The van der Waals surface area contributed by atoms with Crippen LogP contribution in [0.3, 0.4) is 0 Å². The van der Waals surface area contributed by atoms with E-state index >= 15 is 0 Å². The molecule has 0 aliphatic heterocycles. The zero-order chi connectivity index (χ0) is 10.3. The molecule has 1 N–H and O–H groups in total. The number of carbonyl (C=O) groups excluding carboxylic acids is 1. The third kappa shape index (κ3) is 3.68. The van der Waals surface area contributed by atoms with Crippen LogP contribution in [0.5, 0.6) is 0 Å². The van der Waals surface area contributed by atoms with Crippen LogP contribution < -0.4 is 5.32 Å². The fourth-order valence-corrected chi connectivity index (χ4v) is 0.565. The molecule has 74 valence electrons. The maximum atomic E-state index is 10.8. The molecule has 0 saturated carbocycles. The highest BCUT2D eigenvalue weighted by Crippen LogP contribution is 2.06. The van der Waals surface area contributed by atoms with E-state index in [2.05, 4.69) is 20.3 Å². The molecule has 1 rings (SSSR count). The van der Waals surface area contributed by atoms with Crippen LogP contribution in [0.25, 0.3) is 0 Å². The van der Waals surface area contributed by atoms with Gasteiger partial charge in [0.2, 0.25) is 5.91 Å². The zero-order valence-electron chi connectivity index (χ0n) is 8.42. The van der Waals surface area contributed by atoms with Crippen molar-refractivity contribution >= 4 is 11.7 Å². The van der Waals surface area contributed by atoms with Gasteiger partial charge in [0.1, 0.15) is 5.69 Å². The highest BCUT2D eigenvalue weighted by Gasteiger charge is 2.06. The molecule has 5 heteroatoms. The van der Waals surface area contributed by atoms with Crippen molar-refractivity contribution in [2.24, 2.45) is 0 Å². The number of hydrogen-bond donors (Lipinski definition) is 1. The summed E-state index contributed by atoms with van der Waals surface area (Å²) in [5.74, 6) is 0.306. The van der Waals surface area contributed by atoms with E-state index in [1.807, 2.05) is 13.8 Å². The zero-order valence-corrected chi connectivity index (χ0v) is 8.42. The van der Waals surface area contributed by atoms with E-state index in [-0.39, 0.29) is 5.91 Å². The Labute approximate surface area is 77.5 Å². The number of aromatic nitrogens is 2. The lowest BCUT2D eigenvalue weighted by molar-refractivity contribution is -0.115. The Bertz CT molecular complexity index is 258. The van der Waals surface area contributed by atoms with E-state index in [0.717, 1.165) is 0 Å². The van der Waals surface area contributed by atoms with Gasteiger partial charge in [0.15, 0.2) is 5.82 Å². The van der Waals surface area contributed by atoms with Gasteiger partial charge in [0.25, 0.3) is 0 Å². The topological polar surface area (TPSA) is 68.0 Å². The molecule has 0 aliphatic rings. The van der Waals surface area contributed by atoms with Crippen molar-refractivity contribution in [1.82, 2.24) is 10.3 Å². The van der Waals surface area contributed by atoms with Gasteiger partial charge >= 0.3 is 0 Å². The summed E-state index contributed by atoms with van der Waals surface area (Å²) >= 11 is 0. The van der Waals surface area contributed by atoms with Crippen molar-refractivity contribution in [3.63, 3.8) is 0 Å². The summed E-state index contributed by atoms with van der Waals surface area (Å²) in [6, 6.07) is 0. The smallest absolute Gasteiger partial charge is 0.225 e. The molecule has 0 unspecified atom stereocenters. The fraction of sp³-hybridized carbons (Fsp3) is 0.625. The average molecular weight is 185 g/mol. The van der Waals surface area contributed by atoms with Gasteiger partial charge in [-0.05, 0) is 12.1 Å². The average Bonchev–Trinajstić information content (AvgIpc) is 2.55. The molecule has 0 aromatic carbocycles. The maximum absolute atomic E-state index is 10.8. The number of carbonyl (C=O) groups is 1. The molecule has 0 spiro atoms. The summed E-state index contributed by atoms with van der Waals surface area (Å²) in [6.45, 7) is 7.47. The van der Waals surface area contributed by atoms with Crippen LogP contribution in [0.15, 0.2) is 4.63 Å². The number of hydrogen-bond acceptors (Lipinski definition) is 4. The van der Waals surface area contributed by atoms with Crippen molar-refractivity contribution in [3.8, 4) is 0 Å². The first-order valence-electron chi connectivity index (χ1n) is 4.33. The van der Waals surface area contributed by atoms with Crippen LogP contribution in [0, 0.1) is 6.92 Å². The standard InChI is InChI=1S/C6H9N3O2.C2H6/c1-3-5(10)7-6-4(2)8-11-9-6;1-2/h3H2,1-2H3,(H,7,9,10);1-2H3. The summed E-state index contributed by atoms with van der Waals surface area (Å²) in [6.07, 6.45) is 0.423. The number of anilines is 1. The third-order valence-electron chi connectivity index (χ3n) is 1.23. The Hall–Kier alpha value is -1.39. The molecular weight excluding hydrogens is 170 g/mol. The second-order valence-corrected chi connectivity index (χ2v) is 2.10. The first-order valence-corrected chi connectivity index (χ1v) is 4.33. The van der Waals surface area contributed by atoms with Crippen molar-refractivity contribution < 1.29 is 9.42 Å². The summed E-state index contributed by atoms with van der Waals surface area (Å²) in [5.41, 5.74) is 0.590. The van der Waals surface area contributed by atoms with Crippen molar-refractivity contribution in [2.45, 2.75) is 34.1 Å². The second-order valence-electron chi connectivity index (χ2n) is 2.10. The molecule has 0 saturated heterocycles. The van der Waals surface area contributed by atoms with Gasteiger partial charge in [-0.2, -0.15) is 0 Å².